The minimum Gasteiger partial charge on any atom is -0.480 e. The Morgan fingerprint density at radius 2 is 1.80 bits per heavy atom. The molecule has 0 aromatic heterocycles. The Labute approximate surface area is 119 Å². The Hall–Kier alpha value is -2.04. The van der Waals surface area contributed by atoms with Gasteiger partial charge in [-0.3, -0.25) is 0 Å². The molecule has 0 saturated carbocycles. The van der Waals surface area contributed by atoms with Gasteiger partial charge in [-0.25, -0.2) is 9.59 Å². The molecule has 1 aromatic rings. The highest BCUT2D eigenvalue weighted by Crippen LogP contribution is 2.21. The summed E-state index contributed by atoms with van der Waals surface area (Å²) in [6.07, 6.45) is 0. The van der Waals surface area contributed by atoms with Crippen LogP contribution < -0.4 is 10.6 Å². The summed E-state index contributed by atoms with van der Waals surface area (Å²) in [5.74, 6) is -1.05. The standard InChI is InChI=1S/C15H22N2O3/c1-9-7-6-8-11(10(9)2)16-14(20)17-12(13(18)19)15(3,4)5/h6-8,12H,1-5H3,(H,18,19)(H2,16,17,20). The number of nitrogens with one attached hydrogen (secondary N) is 2. The fourth-order valence-corrected chi connectivity index (χ4v) is 1.82. The van der Waals surface area contributed by atoms with Crippen molar-refractivity contribution >= 4 is 17.7 Å². The van der Waals surface area contributed by atoms with Crippen LogP contribution in [0.1, 0.15) is 31.9 Å². The number of carboxylic acid groups (broad SMARTS) is 1. The Bertz CT molecular complexity index is 518. The van der Waals surface area contributed by atoms with Crippen molar-refractivity contribution in [2.45, 2.75) is 40.7 Å². The van der Waals surface area contributed by atoms with Crippen LogP contribution >= 0.6 is 0 Å². The molecule has 110 valence electrons. The van der Waals surface area contributed by atoms with Crippen molar-refractivity contribution in [2.24, 2.45) is 5.41 Å². The van der Waals surface area contributed by atoms with E-state index in [1.54, 1.807) is 26.8 Å². The Morgan fingerprint density at radius 1 is 1.20 bits per heavy atom. The lowest BCUT2D eigenvalue weighted by Gasteiger charge is -2.27. The van der Waals surface area contributed by atoms with Gasteiger partial charge in [0.15, 0.2) is 0 Å². The molecule has 0 aliphatic carbocycles. The van der Waals surface area contributed by atoms with Gasteiger partial charge < -0.3 is 15.7 Å². The lowest BCUT2D eigenvalue weighted by atomic mass is 9.87. The first-order valence-corrected chi connectivity index (χ1v) is 6.49. The van der Waals surface area contributed by atoms with E-state index in [0.29, 0.717) is 5.69 Å². The number of amides is 2. The van der Waals surface area contributed by atoms with E-state index in [9.17, 15) is 14.7 Å². The molecule has 1 rings (SSSR count). The molecule has 0 bridgehead atoms. The van der Waals surface area contributed by atoms with Gasteiger partial charge in [-0.2, -0.15) is 0 Å². The Morgan fingerprint density at radius 3 is 2.30 bits per heavy atom. The van der Waals surface area contributed by atoms with Crippen LogP contribution in [-0.4, -0.2) is 23.1 Å². The first-order chi connectivity index (χ1) is 9.12. The monoisotopic (exact) mass is 278 g/mol. The van der Waals surface area contributed by atoms with Gasteiger partial charge in [0.1, 0.15) is 6.04 Å². The summed E-state index contributed by atoms with van der Waals surface area (Å²) in [7, 11) is 0. The van der Waals surface area contributed by atoms with Crippen LogP contribution in [0.4, 0.5) is 10.5 Å². The van der Waals surface area contributed by atoms with Crippen LogP contribution in [0.5, 0.6) is 0 Å². The van der Waals surface area contributed by atoms with E-state index in [-0.39, 0.29) is 0 Å². The van der Waals surface area contributed by atoms with Gasteiger partial charge in [0.2, 0.25) is 0 Å². The lowest BCUT2D eigenvalue weighted by molar-refractivity contribution is -0.141. The molecule has 0 heterocycles. The van der Waals surface area contributed by atoms with E-state index in [1.807, 2.05) is 26.0 Å². The van der Waals surface area contributed by atoms with E-state index in [2.05, 4.69) is 10.6 Å². The number of rotatable bonds is 3. The molecular formula is C15H22N2O3. The number of carbonyl (C=O) groups is 2. The van der Waals surface area contributed by atoms with Crippen LogP contribution in [0.25, 0.3) is 0 Å². The highest BCUT2D eigenvalue weighted by atomic mass is 16.4. The van der Waals surface area contributed by atoms with Gasteiger partial charge in [0.25, 0.3) is 0 Å². The Balaban J connectivity index is 2.82. The second kappa shape index (κ2) is 5.94. The number of urea groups is 1. The molecule has 1 aromatic carbocycles. The average molecular weight is 278 g/mol. The highest BCUT2D eigenvalue weighted by Gasteiger charge is 2.32. The van der Waals surface area contributed by atoms with Crippen molar-refractivity contribution in [3.63, 3.8) is 0 Å². The number of anilines is 1. The van der Waals surface area contributed by atoms with Crippen LogP contribution in [-0.2, 0) is 4.79 Å². The molecule has 0 saturated heterocycles. The molecule has 1 unspecified atom stereocenters. The van der Waals surface area contributed by atoms with Gasteiger partial charge in [0.05, 0.1) is 0 Å². The maximum absolute atomic E-state index is 12.0. The SMILES string of the molecule is Cc1cccc(NC(=O)NC(C(=O)O)C(C)(C)C)c1C. The zero-order valence-electron chi connectivity index (χ0n) is 12.6. The van der Waals surface area contributed by atoms with Crippen molar-refractivity contribution in [1.29, 1.82) is 0 Å². The number of carbonyl (C=O) groups excluding carboxylic acids is 1. The third-order valence-corrected chi connectivity index (χ3v) is 3.24. The maximum Gasteiger partial charge on any atom is 0.326 e. The summed E-state index contributed by atoms with van der Waals surface area (Å²) in [5, 5.41) is 14.4. The smallest absolute Gasteiger partial charge is 0.326 e. The number of aryl methyl sites for hydroxylation is 1. The van der Waals surface area contributed by atoms with Crippen molar-refractivity contribution < 1.29 is 14.7 Å². The summed E-state index contributed by atoms with van der Waals surface area (Å²) in [6.45, 7) is 9.16. The summed E-state index contributed by atoms with van der Waals surface area (Å²) >= 11 is 0. The van der Waals surface area contributed by atoms with Crippen molar-refractivity contribution in [3.05, 3.63) is 29.3 Å². The molecule has 3 N–H and O–H groups in total. The predicted molar refractivity (Wildman–Crippen MR) is 78.9 cm³/mol. The summed E-state index contributed by atoms with van der Waals surface area (Å²) in [6, 6.07) is 4.12. The second-order valence-electron chi connectivity index (χ2n) is 5.98. The second-order valence-corrected chi connectivity index (χ2v) is 5.98. The average Bonchev–Trinajstić information content (AvgIpc) is 2.30. The molecular weight excluding hydrogens is 256 g/mol. The number of benzene rings is 1. The number of hydrogen-bond donors (Lipinski definition) is 3. The van der Waals surface area contributed by atoms with Crippen molar-refractivity contribution in [2.75, 3.05) is 5.32 Å². The number of aliphatic carboxylic acids is 1. The van der Waals surface area contributed by atoms with Gasteiger partial charge in [-0.1, -0.05) is 32.9 Å². The lowest BCUT2D eigenvalue weighted by Crippen LogP contribution is -2.50. The molecule has 5 heteroatoms. The summed E-state index contributed by atoms with van der Waals surface area (Å²) in [5.41, 5.74) is 2.14. The zero-order valence-corrected chi connectivity index (χ0v) is 12.6. The number of carboxylic acids is 1. The van der Waals surface area contributed by atoms with Gasteiger partial charge in [-0.05, 0) is 36.5 Å². The van der Waals surface area contributed by atoms with E-state index < -0.39 is 23.5 Å². The minimum absolute atomic E-state index is 0.513. The largest absolute Gasteiger partial charge is 0.480 e. The van der Waals surface area contributed by atoms with E-state index in [1.165, 1.54) is 0 Å². The summed E-state index contributed by atoms with van der Waals surface area (Å²) in [4.78, 5) is 23.2. The third-order valence-electron chi connectivity index (χ3n) is 3.24. The predicted octanol–water partition coefficient (Wildman–Crippen LogP) is 2.92. The third kappa shape index (κ3) is 3.98. The van der Waals surface area contributed by atoms with Crippen molar-refractivity contribution in [3.8, 4) is 0 Å². The van der Waals surface area contributed by atoms with E-state index >= 15 is 0 Å². The van der Waals surface area contributed by atoms with E-state index in [0.717, 1.165) is 11.1 Å². The topological polar surface area (TPSA) is 78.4 Å². The fraction of sp³-hybridized carbons (Fsp3) is 0.467. The molecule has 0 radical (unpaired) electrons. The van der Waals surface area contributed by atoms with Crippen molar-refractivity contribution in [1.82, 2.24) is 5.32 Å². The fourth-order valence-electron chi connectivity index (χ4n) is 1.82. The molecule has 0 aliphatic heterocycles. The zero-order chi connectivity index (χ0) is 15.5. The highest BCUT2D eigenvalue weighted by molar-refractivity contribution is 5.93. The van der Waals surface area contributed by atoms with Gasteiger partial charge >= 0.3 is 12.0 Å². The van der Waals surface area contributed by atoms with E-state index in [4.69, 9.17) is 0 Å². The molecule has 5 nitrogen and oxygen atoms in total. The van der Waals surface area contributed by atoms with Gasteiger partial charge in [-0.15, -0.1) is 0 Å². The Kier molecular flexibility index (Phi) is 4.76. The van der Waals surface area contributed by atoms with Crippen LogP contribution in [0.15, 0.2) is 18.2 Å². The molecule has 0 aliphatic rings. The first kappa shape index (κ1) is 16.0. The first-order valence-electron chi connectivity index (χ1n) is 6.49. The van der Waals surface area contributed by atoms with Gasteiger partial charge in [0, 0.05) is 5.69 Å². The quantitative estimate of drug-likeness (QED) is 0.795. The summed E-state index contributed by atoms with van der Waals surface area (Å²) < 4.78 is 0. The van der Waals surface area contributed by atoms with Crippen LogP contribution in [0.3, 0.4) is 0 Å². The molecule has 2 amide bonds. The van der Waals surface area contributed by atoms with Crippen LogP contribution in [0, 0.1) is 19.3 Å². The minimum atomic E-state index is -1.05. The number of hydrogen-bond acceptors (Lipinski definition) is 2. The molecule has 1 atom stereocenters. The van der Waals surface area contributed by atoms with Crippen LogP contribution in [0.2, 0.25) is 0 Å². The maximum atomic E-state index is 12.0. The molecule has 0 spiro atoms. The molecule has 0 fully saturated rings. The molecule has 20 heavy (non-hydrogen) atoms. The normalized spacial score (nSPS) is 12.7.